The summed E-state index contributed by atoms with van der Waals surface area (Å²) in [7, 11) is 0. The summed E-state index contributed by atoms with van der Waals surface area (Å²) in [6.07, 6.45) is 0. The first-order valence-corrected chi connectivity index (χ1v) is 23.8. The summed E-state index contributed by atoms with van der Waals surface area (Å²) in [6, 6.07) is 58.1. The van der Waals surface area contributed by atoms with Gasteiger partial charge < -0.3 is 23.5 Å². The summed E-state index contributed by atoms with van der Waals surface area (Å²) in [4.78, 5) is 5.93. The van der Waals surface area contributed by atoms with E-state index in [4.69, 9.17) is 14.3 Å². The Hall–Kier alpha value is -9.52. The van der Waals surface area contributed by atoms with Crippen molar-refractivity contribution in [2.45, 2.75) is 0 Å². The molecular weight excluding hydrogens is 878 g/mol. The highest BCUT2D eigenvalue weighted by Gasteiger charge is 2.48. The fraction of sp³-hybridized carbons (Fsp3) is 0. The van der Waals surface area contributed by atoms with Gasteiger partial charge in [0.05, 0.1) is 25.1 Å². The average molecular weight is 930 g/mol. The van der Waals surface area contributed by atoms with E-state index in [0.717, 1.165) is 49.5 Å². The molecule has 0 radical (unpaired) electrons. The second-order valence-electron chi connectivity index (χ2n) is 18.0. The molecule has 2 aliphatic heterocycles. The zero-order chi connectivity index (χ0) is 56.0. The lowest BCUT2D eigenvalue weighted by molar-refractivity contribution is 0.665. The molecule has 0 spiro atoms. The van der Waals surface area contributed by atoms with E-state index < -0.39 is 67.1 Å². The largest absolute Gasteiger partial charge is 0.456 e. The lowest BCUT2D eigenvalue weighted by atomic mass is 9.33. The second kappa shape index (κ2) is 16.0. The maximum Gasteiger partial charge on any atom is 0.257 e. The summed E-state index contributed by atoms with van der Waals surface area (Å²) in [6.45, 7) is -0.776. The molecule has 4 heterocycles. The number of fused-ring (bicyclic) bond motifs is 13. The molecule has 0 atom stereocenters. The fourth-order valence-electron chi connectivity index (χ4n) is 11.3. The molecular formula is C66H42BN3O2. The molecule has 0 saturated carbocycles. The van der Waals surface area contributed by atoms with Crippen molar-refractivity contribution in [1.29, 1.82) is 0 Å². The minimum Gasteiger partial charge on any atom is -0.456 e. The van der Waals surface area contributed by atoms with Crippen LogP contribution in [0.5, 0.6) is 0 Å². The van der Waals surface area contributed by atoms with Gasteiger partial charge in [0.2, 0.25) is 0 Å². The second-order valence-corrected chi connectivity index (χ2v) is 18.0. The highest BCUT2D eigenvalue weighted by atomic mass is 16.3. The van der Waals surface area contributed by atoms with Crippen LogP contribution in [0, 0.1) is 0 Å². The highest BCUT2D eigenvalue weighted by molar-refractivity contribution is 7.02. The van der Waals surface area contributed by atoms with Crippen molar-refractivity contribution in [3.63, 3.8) is 0 Å². The van der Waals surface area contributed by atoms with Gasteiger partial charge in [-0.15, -0.1) is 0 Å². The van der Waals surface area contributed by atoms with E-state index in [2.05, 4.69) is 15.9 Å². The van der Waals surface area contributed by atoms with Gasteiger partial charge in [0.1, 0.15) is 16.7 Å². The molecule has 0 aliphatic carbocycles. The van der Waals surface area contributed by atoms with Gasteiger partial charge in [0.15, 0.2) is 5.58 Å². The molecule has 15 rings (SSSR count). The number of benzene rings is 11. The molecule has 0 amide bonds. The fourth-order valence-corrected chi connectivity index (χ4v) is 11.3. The maximum absolute atomic E-state index is 9.83. The highest BCUT2D eigenvalue weighted by Crippen LogP contribution is 2.53. The number of para-hydroxylation sites is 6. The Balaban J connectivity index is 1.18. The van der Waals surface area contributed by atoms with E-state index in [9.17, 15) is 8.22 Å². The van der Waals surface area contributed by atoms with Crippen LogP contribution in [-0.2, 0) is 0 Å². The van der Waals surface area contributed by atoms with E-state index in [1.54, 1.807) is 11.0 Å². The number of hydrogen-bond acceptors (Lipinski definition) is 5. The molecule has 72 heavy (non-hydrogen) atoms. The van der Waals surface area contributed by atoms with Crippen LogP contribution in [0.4, 0.5) is 51.2 Å². The Labute approximate surface area is 430 Å². The van der Waals surface area contributed by atoms with Crippen molar-refractivity contribution in [3.8, 4) is 22.3 Å². The van der Waals surface area contributed by atoms with E-state index >= 15 is 0 Å². The summed E-state index contributed by atoms with van der Waals surface area (Å²) >= 11 is 0. The van der Waals surface area contributed by atoms with Gasteiger partial charge >= 0.3 is 0 Å². The van der Waals surface area contributed by atoms with Crippen LogP contribution in [0.3, 0.4) is 0 Å². The van der Waals surface area contributed by atoms with Gasteiger partial charge in [-0.25, -0.2) is 0 Å². The van der Waals surface area contributed by atoms with Crippen molar-refractivity contribution < 1.29 is 22.5 Å². The smallest absolute Gasteiger partial charge is 0.257 e. The maximum atomic E-state index is 9.83. The predicted molar refractivity (Wildman–Crippen MR) is 301 cm³/mol. The predicted octanol–water partition coefficient (Wildman–Crippen LogP) is 16.4. The van der Waals surface area contributed by atoms with E-state index in [1.165, 1.54) is 0 Å². The van der Waals surface area contributed by atoms with Crippen LogP contribution >= 0.6 is 0 Å². The zero-order valence-electron chi connectivity index (χ0n) is 48.2. The van der Waals surface area contributed by atoms with Crippen LogP contribution in [0.15, 0.2) is 263 Å². The number of rotatable bonds is 7. The quantitative estimate of drug-likeness (QED) is 0.149. The molecule has 0 unspecified atom stereocenters. The first-order valence-electron chi connectivity index (χ1n) is 28.8. The van der Waals surface area contributed by atoms with Crippen molar-refractivity contribution in [3.05, 3.63) is 255 Å². The molecule has 6 heteroatoms. The van der Waals surface area contributed by atoms with Crippen LogP contribution in [0.2, 0.25) is 0 Å². The van der Waals surface area contributed by atoms with Gasteiger partial charge in [-0.05, 0) is 106 Å². The minimum atomic E-state index is -0.776. The molecule has 11 aromatic carbocycles. The molecule has 2 aliphatic rings. The topological polar surface area (TPSA) is 36.0 Å². The van der Waals surface area contributed by atoms with Crippen LogP contribution in [-0.4, -0.2) is 6.71 Å². The normalized spacial score (nSPS) is 14.6. The molecule has 336 valence electrons. The van der Waals surface area contributed by atoms with E-state index in [1.807, 2.05) is 182 Å². The first kappa shape index (κ1) is 31.6. The number of furan rings is 2. The Morgan fingerprint density at radius 1 is 0.403 bits per heavy atom. The number of anilines is 9. The molecule has 0 saturated heterocycles. The minimum absolute atomic E-state index is 0.0924. The van der Waals surface area contributed by atoms with Crippen LogP contribution in [0.1, 0.15) is 13.7 Å². The first-order chi connectivity index (χ1) is 39.9. The van der Waals surface area contributed by atoms with Crippen LogP contribution in [0.25, 0.3) is 66.1 Å². The van der Waals surface area contributed by atoms with Crippen molar-refractivity contribution in [2.75, 3.05) is 14.7 Å². The van der Waals surface area contributed by atoms with Gasteiger partial charge in [-0.3, -0.25) is 0 Å². The number of hydrogen-bond donors (Lipinski definition) is 0. The monoisotopic (exact) mass is 929 g/mol. The molecule has 0 fully saturated rings. The van der Waals surface area contributed by atoms with Gasteiger partial charge in [0.25, 0.3) is 6.71 Å². The Morgan fingerprint density at radius 2 is 0.958 bits per heavy atom. The lowest BCUT2D eigenvalue weighted by Crippen LogP contribution is -2.61. The Morgan fingerprint density at radius 3 is 1.64 bits per heavy atom. The SMILES string of the molecule is [2H]c1c([2H])c([2H])c(-c2cc3c4c(c2)N(c2ccccc2-c2ccccc2)c2c(c5oc6ccccc6c5c5c2oc2ccccc25)B4c2ccc(N(c4ccccc4)c4ccccc4)cc2N3c2c([2H])c([2H])c([2H])c([2H])c2[2H])c([2H])c1[2H]. The summed E-state index contributed by atoms with van der Waals surface area (Å²) in [5.41, 5.74) is 11.1. The standard InChI is InChI=1S/C66H42BN3O2/c1-6-22-43(23-7-1)45-40-56-62-57(41-45)70(54-35-19-16-32-50(54)44-24-8-2-9-25-44)64-63(65-60(51-33-17-20-36-58(51)71-65)61-52-34-18-21-37-59(52)72-66(61)64)67(62)53-39-38-49(42-55(53)69(56)48-30-14-5-15-31-48)68(46-26-10-3-11-27-46)47-28-12-4-13-29-47/h1-42H/i1D,5D,6D,7D,14D,15D,22D,23D,30D,31D. The molecule has 2 aromatic heterocycles. The molecule has 0 bridgehead atoms. The third-order valence-corrected chi connectivity index (χ3v) is 14.2. The molecule has 0 N–H and O–H groups in total. The average Bonchev–Trinajstić information content (AvgIpc) is 1.30. The summed E-state index contributed by atoms with van der Waals surface area (Å²) in [5, 5.41) is 3.37. The van der Waals surface area contributed by atoms with E-state index in [-0.39, 0.29) is 16.8 Å². The van der Waals surface area contributed by atoms with Gasteiger partial charge in [-0.1, -0.05) is 176 Å². The number of nitrogens with zero attached hydrogens (tertiary/aromatic N) is 3. The van der Waals surface area contributed by atoms with Crippen LogP contribution < -0.4 is 31.1 Å². The summed E-state index contributed by atoms with van der Waals surface area (Å²) in [5.74, 6) is 0. The summed E-state index contributed by atoms with van der Waals surface area (Å²) < 4.78 is 107. The third-order valence-electron chi connectivity index (χ3n) is 14.2. The molecule has 5 nitrogen and oxygen atoms in total. The molecule has 13 aromatic rings. The zero-order valence-corrected chi connectivity index (χ0v) is 38.2. The van der Waals surface area contributed by atoms with E-state index in [0.29, 0.717) is 67.4 Å². The van der Waals surface area contributed by atoms with Crippen molar-refractivity contribution >= 4 is 118 Å². The van der Waals surface area contributed by atoms with Gasteiger partial charge in [-0.2, -0.15) is 0 Å². The van der Waals surface area contributed by atoms with Gasteiger partial charge in [0, 0.05) is 72.4 Å². The third kappa shape index (κ3) is 6.02. The van der Waals surface area contributed by atoms with Crippen molar-refractivity contribution in [2.24, 2.45) is 0 Å². The van der Waals surface area contributed by atoms with Crippen molar-refractivity contribution in [1.82, 2.24) is 0 Å². The Bertz CT molecular complexity index is 4770. The Kier molecular flexibility index (Phi) is 7.03. The lowest BCUT2D eigenvalue weighted by Gasteiger charge is -2.45.